The van der Waals surface area contributed by atoms with Crippen LogP contribution in [-0.4, -0.2) is 0 Å². The van der Waals surface area contributed by atoms with Crippen molar-refractivity contribution in [1.82, 2.24) is 0 Å². The third-order valence-corrected chi connectivity index (χ3v) is 13.1. The van der Waals surface area contributed by atoms with Crippen LogP contribution in [0.5, 0.6) is 0 Å². The molecule has 1 aliphatic rings. The highest BCUT2D eigenvalue weighted by molar-refractivity contribution is 6.13. The Hall–Kier alpha value is -7.82. The summed E-state index contributed by atoms with van der Waals surface area (Å²) >= 11 is 0. The van der Waals surface area contributed by atoms with Gasteiger partial charge >= 0.3 is 0 Å². The lowest BCUT2D eigenvalue weighted by molar-refractivity contribution is 0.653. The first-order valence-corrected chi connectivity index (χ1v) is 20.9. The highest BCUT2D eigenvalue weighted by Gasteiger charge is 2.38. The van der Waals surface area contributed by atoms with Gasteiger partial charge in [-0.1, -0.05) is 147 Å². The van der Waals surface area contributed by atoms with Gasteiger partial charge in [-0.25, -0.2) is 0 Å². The lowest BCUT2D eigenvalue weighted by Gasteiger charge is -2.27. The van der Waals surface area contributed by atoms with E-state index in [1.165, 1.54) is 22.3 Å². The standard InChI is InChI=1S/C57H37NO3/c1-57(2)48-31-29-38(33-47(48)53-49(57)32-30-46-43-13-5-8-20-52(43)61-56(46)53)58(36-25-21-34(22-26-36)39-14-9-16-44-41-11-3-6-18-50(41)59-54(39)44)37-27-23-35(24-28-37)40-15-10-17-45-42-12-4-7-19-51(42)60-55(40)45/h3-33H,1-2H3. The van der Waals surface area contributed by atoms with Crippen LogP contribution in [-0.2, 0) is 5.41 Å². The molecule has 13 rings (SSSR count). The predicted octanol–water partition coefficient (Wildman–Crippen LogP) is 16.5. The van der Waals surface area contributed by atoms with E-state index in [0.29, 0.717) is 0 Å². The maximum absolute atomic E-state index is 6.70. The highest BCUT2D eigenvalue weighted by Crippen LogP contribution is 2.54. The molecule has 9 aromatic carbocycles. The lowest BCUT2D eigenvalue weighted by Crippen LogP contribution is -2.15. The molecule has 61 heavy (non-hydrogen) atoms. The molecule has 288 valence electrons. The topological polar surface area (TPSA) is 42.7 Å². The zero-order valence-corrected chi connectivity index (χ0v) is 33.6. The van der Waals surface area contributed by atoms with Crippen LogP contribution >= 0.6 is 0 Å². The van der Waals surface area contributed by atoms with Gasteiger partial charge in [-0.2, -0.15) is 0 Å². The van der Waals surface area contributed by atoms with E-state index in [0.717, 1.165) is 105 Å². The molecule has 0 radical (unpaired) electrons. The summed E-state index contributed by atoms with van der Waals surface area (Å²) in [5.41, 5.74) is 17.7. The Morgan fingerprint density at radius 3 is 1.30 bits per heavy atom. The first kappa shape index (κ1) is 34.1. The summed E-state index contributed by atoms with van der Waals surface area (Å²) in [6.45, 7) is 4.65. The van der Waals surface area contributed by atoms with Crippen LogP contribution < -0.4 is 4.90 Å². The van der Waals surface area contributed by atoms with E-state index in [2.05, 4.69) is 176 Å². The van der Waals surface area contributed by atoms with Crippen molar-refractivity contribution in [3.05, 3.63) is 199 Å². The SMILES string of the molecule is CC1(C)c2ccc(N(c3ccc(-c4cccc5c4oc4ccccc45)cc3)c3ccc(-c4cccc5c4oc4ccccc45)cc3)cc2-c2c1ccc1c2oc2ccccc21. The molecule has 0 spiro atoms. The average molecular weight is 784 g/mol. The fourth-order valence-corrected chi connectivity index (χ4v) is 10.1. The Labute approximate surface area is 351 Å². The maximum atomic E-state index is 6.70. The van der Waals surface area contributed by atoms with Gasteiger partial charge in [0.2, 0.25) is 0 Å². The number of benzene rings is 9. The highest BCUT2D eigenvalue weighted by atomic mass is 16.3. The first-order chi connectivity index (χ1) is 30.0. The number of rotatable bonds is 5. The Morgan fingerprint density at radius 2 is 0.770 bits per heavy atom. The second-order valence-electron chi connectivity index (χ2n) is 16.8. The van der Waals surface area contributed by atoms with Crippen molar-refractivity contribution in [1.29, 1.82) is 0 Å². The van der Waals surface area contributed by atoms with E-state index >= 15 is 0 Å². The predicted molar refractivity (Wildman–Crippen MR) is 251 cm³/mol. The summed E-state index contributed by atoms with van der Waals surface area (Å²) in [5.74, 6) is 0. The fourth-order valence-electron chi connectivity index (χ4n) is 10.1. The van der Waals surface area contributed by atoms with Crippen LogP contribution in [0.15, 0.2) is 201 Å². The zero-order chi connectivity index (χ0) is 40.4. The average Bonchev–Trinajstić information content (AvgIpc) is 4.05. The quantitative estimate of drug-likeness (QED) is 0.174. The molecule has 4 heteroatoms. The van der Waals surface area contributed by atoms with Gasteiger partial charge in [0.15, 0.2) is 0 Å². The molecule has 0 atom stereocenters. The van der Waals surface area contributed by atoms with Gasteiger partial charge in [0, 0.05) is 71.5 Å². The minimum atomic E-state index is -0.195. The molecule has 0 saturated carbocycles. The molecule has 0 amide bonds. The van der Waals surface area contributed by atoms with Gasteiger partial charge in [-0.05, 0) is 82.4 Å². The number of para-hydroxylation sites is 5. The van der Waals surface area contributed by atoms with E-state index in [9.17, 15) is 0 Å². The molecule has 3 aromatic heterocycles. The normalized spacial score (nSPS) is 13.2. The summed E-state index contributed by atoms with van der Waals surface area (Å²) in [5, 5.41) is 6.78. The van der Waals surface area contributed by atoms with Crippen molar-refractivity contribution in [3.8, 4) is 33.4 Å². The first-order valence-electron chi connectivity index (χ1n) is 20.9. The third kappa shape index (κ3) is 4.93. The van der Waals surface area contributed by atoms with Crippen molar-refractivity contribution >= 4 is 82.9 Å². The fraction of sp³-hybridized carbons (Fsp3) is 0.0526. The van der Waals surface area contributed by atoms with E-state index in [4.69, 9.17) is 13.3 Å². The van der Waals surface area contributed by atoms with Gasteiger partial charge in [-0.15, -0.1) is 0 Å². The van der Waals surface area contributed by atoms with Crippen molar-refractivity contribution < 1.29 is 13.3 Å². The van der Waals surface area contributed by atoms with Crippen molar-refractivity contribution in [2.45, 2.75) is 19.3 Å². The zero-order valence-electron chi connectivity index (χ0n) is 33.6. The third-order valence-electron chi connectivity index (χ3n) is 13.1. The summed E-state index contributed by atoms with van der Waals surface area (Å²) in [6, 6.07) is 67.0. The van der Waals surface area contributed by atoms with Crippen LogP contribution in [0.3, 0.4) is 0 Å². The number of nitrogens with zero attached hydrogens (tertiary/aromatic N) is 1. The largest absolute Gasteiger partial charge is 0.455 e. The summed E-state index contributed by atoms with van der Waals surface area (Å²) < 4.78 is 19.6. The van der Waals surface area contributed by atoms with Gasteiger partial charge in [0.05, 0.1) is 0 Å². The van der Waals surface area contributed by atoms with Crippen molar-refractivity contribution in [2.24, 2.45) is 0 Å². The van der Waals surface area contributed by atoms with Crippen LogP contribution in [0.1, 0.15) is 25.0 Å². The molecule has 0 fully saturated rings. The molecule has 0 N–H and O–H groups in total. The second kappa shape index (κ2) is 12.6. The smallest absolute Gasteiger partial charge is 0.143 e. The Kier molecular flexibility index (Phi) is 7.04. The molecule has 1 aliphatic carbocycles. The number of furan rings is 3. The van der Waals surface area contributed by atoms with Gasteiger partial charge in [-0.3, -0.25) is 0 Å². The lowest BCUT2D eigenvalue weighted by atomic mass is 9.82. The van der Waals surface area contributed by atoms with Crippen LogP contribution in [0.2, 0.25) is 0 Å². The van der Waals surface area contributed by atoms with Gasteiger partial charge in [0.25, 0.3) is 0 Å². The van der Waals surface area contributed by atoms with Crippen molar-refractivity contribution in [2.75, 3.05) is 4.90 Å². The molecule has 12 aromatic rings. The van der Waals surface area contributed by atoms with E-state index in [1.54, 1.807) is 0 Å². The monoisotopic (exact) mass is 783 g/mol. The molecule has 3 heterocycles. The molecule has 0 aliphatic heterocycles. The minimum Gasteiger partial charge on any atom is -0.455 e. The molecular formula is C57H37NO3. The number of hydrogen-bond donors (Lipinski definition) is 0. The molecule has 4 nitrogen and oxygen atoms in total. The molecular weight excluding hydrogens is 747 g/mol. The second-order valence-corrected chi connectivity index (χ2v) is 16.8. The molecule has 0 unspecified atom stereocenters. The summed E-state index contributed by atoms with van der Waals surface area (Å²) in [7, 11) is 0. The Morgan fingerprint density at radius 1 is 0.344 bits per heavy atom. The Bertz CT molecular complexity index is 3570. The molecule has 0 saturated heterocycles. The van der Waals surface area contributed by atoms with E-state index in [-0.39, 0.29) is 5.41 Å². The van der Waals surface area contributed by atoms with E-state index in [1.807, 2.05) is 30.3 Å². The summed E-state index contributed by atoms with van der Waals surface area (Å²) in [4.78, 5) is 2.36. The van der Waals surface area contributed by atoms with Crippen LogP contribution in [0.4, 0.5) is 17.1 Å². The Balaban J connectivity index is 0.973. The van der Waals surface area contributed by atoms with Gasteiger partial charge < -0.3 is 18.2 Å². The summed E-state index contributed by atoms with van der Waals surface area (Å²) in [6.07, 6.45) is 0. The number of fused-ring (bicyclic) bond motifs is 13. The molecule has 0 bridgehead atoms. The van der Waals surface area contributed by atoms with Crippen LogP contribution in [0, 0.1) is 0 Å². The number of anilines is 3. The van der Waals surface area contributed by atoms with E-state index < -0.39 is 0 Å². The maximum Gasteiger partial charge on any atom is 0.143 e. The minimum absolute atomic E-state index is 0.195. The number of hydrogen-bond acceptors (Lipinski definition) is 4. The van der Waals surface area contributed by atoms with Crippen molar-refractivity contribution in [3.63, 3.8) is 0 Å². The van der Waals surface area contributed by atoms with Crippen LogP contribution in [0.25, 0.3) is 99.2 Å². The van der Waals surface area contributed by atoms with Gasteiger partial charge in [0.1, 0.15) is 33.5 Å².